The maximum atomic E-state index is 12.3. The van der Waals surface area contributed by atoms with Crippen molar-refractivity contribution in [3.8, 4) is 0 Å². The van der Waals surface area contributed by atoms with Crippen molar-refractivity contribution in [2.45, 2.75) is 13.1 Å². The number of anilines is 1. The van der Waals surface area contributed by atoms with Crippen molar-refractivity contribution in [3.05, 3.63) is 82.9 Å². The molecular weight excluding hydrogens is 306 g/mol. The highest BCUT2D eigenvalue weighted by molar-refractivity contribution is 5.78. The second kappa shape index (κ2) is 6.08. The molecule has 0 radical (unpaired) electrons. The summed E-state index contributed by atoms with van der Waals surface area (Å²) in [6.45, 7) is 0.934. The molecule has 6 nitrogen and oxygen atoms in total. The number of hydrogen-bond donors (Lipinski definition) is 1. The van der Waals surface area contributed by atoms with Crippen LogP contribution in [0.4, 0.5) is 5.95 Å². The van der Waals surface area contributed by atoms with Crippen LogP contribution in [0.3, 0.4) is 0 Å². The Morgan fingerprint density at radius 3 is 2.21 bits per heavy atom. The summed E-state index contributed by atoms with van der Waals surface area (Å²) < 4.78 is 10.9. The monoisotopic (exact) mass is 321 g/mol. The lowest BCUT2D eigenvalue weighted by molar-refractivity contribution is 0.474. The van der Waals surface area contributed by atoms with Crippen LogP contribution in [0.2, 0.25) is 0 Å². The van der Waals surface area contributed by atoms with Gasteiger partial charge >= 0.3 is 0 Å². The minimum Gasteiger partial charge on any atom is -0.467 e. The van der Waals surface area contributed by atoms with Crippen LogP contribution in [-0.2, 0) is 13.1 Å². The summed E-state index contributed by atoms with van der Waals surface area (Å²) in [7, 11) is 0. The van der Waals surface area contributed by atoms with Crippen LogP contribution in [0.5, 0.6) is 0 Å². The first-order valence-corrected chi connectivity index (χ1v) is 7.58. The third kappa shape index (κ3) is 2.81. The highest BCUT2D eigenvalue weighted by Crippen LogP contribution is 2.18. The van der Waals surface area contributed by atoms with E-state index in [1.807, 2.05) is 47.4 Å². The standard InChI is InChI=1S/C18H15N3O3/c22-17-15-7-1-2-8-16(15)19-18(20-17)21(11-13-5-3-9-23-13)12-14-6-4-10-24-14/h1-10H,11-12H2,(H,19,20,22). The molecular formula is C18H15N3O3. The Morgan fingerprint density at radius 1 is 0.917 bits per heavy atom. The van der Waals surface area contributed by atoms with Crippen LogP contribution in [-0.4, -0.2) is 9.97 Å². The van der Waals surface area contributed by atoms with Crippen molar-refractivity contribution in [1.29, 1.82) is 0 Å². The van der Waals surface area contributed by atoms with Gasteiger partial charge in [0, 0.05) is 0 Å². The fraction of sp³-hybridized carbons (Fsp3) is 0.111. The molecule has 4 rings (SSSR count). The third-order valence-corrected chi connectivity index (χ3v) is 3.75. The van der Waals surface area contributed by atoms with Crippen LogP contribution in [0, 0.1) is 0 Å². The number of fused-ring (bicyclic) bond motifs is 1. The Labute approximate surface area is 137 Å². The molecule has 6 heteroatoms. The third-order valence-electron chi connectivity index (χ3n) is 3.75. The van der Waals surface area contributed by atoms with E-state index in [-0.39, 0.29) is 5.56 Å². The Kier molecular flexibility index (Phi) is 3.63. The number of H-pyrrole nitrogens is 1. The zero-order chi connectivity index (χ0) is 16.4. The van der Waals surface area contributed by atoms with Gasteiger partial charge in [-0.3, -0.25) is 9.78 Å². The molecule has 1 aromatic carbocycles. The van der Waals surface area contributed by atoms with Crippen molar-refractivity contribution in [3.63, 3.8) is 0 Å². The van der Waals surface area contributed by atoms with Gasteiger partial charge in [-0.25, -0.2) is 4.98 Å². The fourth-order valence-corrected chi connectivity index (χ4v) is 2.61. The average Bonchev–Trinajstić information content (AvgIpc) is 3.28. The van der Waals surface area contributed by atoms with E-state index in [2.05, 4.69) is 9.97 Å². The van der Waals surface area contributed by atoms with E-state index in [0.717, 1.165) is 11.5 Å². The van der Waals surface area contributed by atoms with Gasteiger partial charge in [0.1, 0.15) is 11.5 Å². The number of benzene rings is 1. The fourth-order valence-electron chi connectivity index (χ4n) is 2.61. The van der Waals surface area contributed by atoms with Gasteiger partial charge in [0.2, 0.25) is 5.95 Å². The van der Waals surface area contributed by atoms with E-state index in [4.69, 9.17) is 8.83 Å². The molecule has 0 fully saturated rings. The number of nitrogens with one attached hydrogen (secondary N) is 1. The van der Waals surface area contributed by atoms with Crippen molar-refractivity contribution in [2.24, 2.45) is 0 Å². The van der Waals surface area contributed by atoms with E-state index in [1.165, 1.54) is 0 Å². The number of nitrogens with zero attached hydrogens (tertiary/aromatic N) is 2. The molecule has 0 atom stereocenters. The highest BCUT2D eigenvalue weighted by Gasteiger charge is 2.15. The van der Waals surface area contributed by atoms with Gasteiger partial charge in [0.15, 0.2) is 0 Å². The van der Waals surface area contributed by atoms with E-state index < -0.39 is 0 Å². The van der Waals surface area contributed by atoms with Crippen molar-refractivity contribution in [1.82, 2.24) is 9.97 Å². The Bertz CT molecular complexity index is 952. The van der Waals surface area contributed by atoms with Crippen molar-refractivity contribution in [2.75, 3.05) is 4.90 Å². The summed E-state index contributed by atoms with van der Waals surface area (Å²) in [6.07, 6.45) is 3.24. The van der Waals surface area contributed by atoms with Gasteiger partial charge < -0.3 is 13.7 Å². The van der Waals surface area contributed by atoms with Gasteiger partial charge in [-0.2, -0.15) is 0 Å². The van der Waals surface area contributed by atoms with Gasteiger partial charge in [-0.05, 0) is 36.4 Å². The number of aromatic nitrogens is 2. The molecule has 1 N–H and O–H groups in total. The molecule has 120 valence electrons. The van der Waals surface area contributed by atoms with Crippen LogP contribution >= 0.6 is 0 Å². The highest BCUT2D eigenvalue weighted by atomic mass is 16.3. The van der Waals surface area contributed by atoms with Crippen LogP contribution in [0.25, 0.3) is 10.9 Å². The second-order valence-corrected chi connectivity index (χ2v) is 5.42. The first kappa shape index (κ1) is 14.3. The molecule has 0 saturated carbocycles. The Hall–Kier alpha value is -3.28. The van der Waals surface area contributed by atoms with Gasteiger partial charge in [0.25, 0.3) is 5.56 Å². The summed E-state index contributed by atoms with van der Waals surface area (Å²) in [5.41, 5.74) is 0.486. The lowest BCUT2D eigenvalue weighted by Crippen LogP contribution is -2.26. The quantitative estimate of drug-likeness (QED) is 0.610. The Morgan fingerprint density at radius 2 is 1.58 bits per heavy atom. The molecule has 3 heterocycles. The van der Waals surface area contributed by atoms with Gasteiger partial charge in [0.05, 0.1) is 36.5 Å². The molecule has 0 amide bonds. The largest absolute Gasteiger partial charge is 0.467 e. The van der Waals surface area contributed by atoms with Gasteiger partial charge in [-0.1, -0.05) is 12.1 Å². The molecule has 24 heavy (non-hydrogen) atoms. The second-order valence-electron chi connectivity index (χ2n) is 5.42. The molecule has 4 aromatic rings. The molecule has 3 aromatic heterocycles. The lowest BCUT2D eigenvalue weighted by atomic mass is 10.2. The minimum absolute atomic E-state index is 0.167. The maximum absolute atomic E-state index is 12.3. The average molecular weight is 321 g/mol. The SMILES string of the molecule is O=c1[nH]c(N(Cc2ccco2)Cc2ccco2)nc2ccccc12. The Balaban J connectivity index is 1.75. The maximum Gasteiger partial charge on any atom is 0.260 e. The first-order chi connectivity index (χ1) is 11.8. The smallest absolute Gasteiger partial charge is 0.260 e. The first-order valence-electron chi connectivity index (χ1n) is 7.58. The molecule has 0 saturated heterocycles. The van der Waals surface area contributed by atoms with Crippen LogP contribution in [0.15, 0.2) is 74.7 Å². The molecule has 0 spiro atoms. The van der Waals surface area contributed by atoms with Crippen LogP contribution < -0.4 is 10.5 Å². The number of hydrogen-bond acceptors (Lipinski definition) is 5. The van der Waals surface area contributed by atoms with E-state index in [9.17, 15) is 4.79 Å². The molecule has 0 aliphatic carbocycles. The summed E-state index contributed by atoms with van der Waals surface area (Å²) in [6, 6.07) is 14.7. The normalized spacial score (nSPS) is 11.0. The van der Waals surface area contributed by atoms with Gasteiger partial charge in [-0.15, -0.1) is 0 Å². The number of furan rings is 2. The summed E-state index contributed by atoms with van der Waals surface area (Å²) in [5, 5.41) is 0.567. The zero-order valence-electron chi connectivity index (χ0n) is 12.8. The van der Waals surface area contributed by atoms with Crippen LogP contribution in [0.1, 0.15) is 11.5 Å². The number of rotatable bonds is 5. The van der Waals surface area contributed by atoms with E-state index in [0.29, 0.717) is 29.9 Å². The van der Waals surface area contributed by atoms with E-state index in [1.54, 1.807) is 18.6 Å². The number of aromatic amines is 1. The summed E-state index contributed by atoms with van der Waals surface area (Å²) in [4.78, 5) is 21.7. The topological polar surface area (TPSA) is 75.3 Å². The number of para-hydroxylation sites is 1. The van der Waals surface area contributed by atoms with E-state index >= 15 is 0 Å². The minimum atomic E-state index is -0.167. The molecule has 0 aliphatic heterocycles. The molecule has 0 aliphatic rings. The predicted octanol–water partition coefficient (Wildman–Crippen LogP) is 3.32. The molecule has 0 bridgehead atoms. The predicted molar refractivity (Wildman–Crippen MR) is 89.7 cm³/mol. The van der Waals surface area contributed by atoms with Crippen molar-refractivity contribution < 1.29 is 8.83 Å². The van der Waals surface area contributed by atoms with Crippen molar-refractivity contribution >= 4 is 16.9 Å². The molecule has 0 unspecified atom stereocenters. The lowest BCUT2D eigenvalue weighted by Gasteiger charge is -2.21. The zero-order valence-corrected chi connectivity index (χ0v) is 12.8. The summed E-state index contributed by atoms with van der Waals surface area (Å²) >= 11 is 0. The summed E-state index contributed by atoms with van der Waals surface area (Å²) in [5.74, 6) is 2.03.